The van der Waals surface area contributed by atoms with Crippen LogP contribution in [0.1, 0.15) is 284 Å². The molecule has 0 saturated carbocycles. The predicted molar refractivity (Wildman–Crippen MR) is 292 cm³/mol. The second kappa shape index (κ2) is 50.3. The first kappa shape index (κ1) is 67.2. The Hall–Kier alpha value is -1.86. The highest BCUT2D eigenvalue weighted by Gasteiger charge is 2.44. The van der Waals surface area contributed by atoms with Crippen LogP contribution in [-0.2, 0) is 23.8 Å². The summed E-state index contributed by atoms with van der Waals surface area (Å²) in [6.45, 7) is 4.31. The van der Waals surface area contributed by atoms with Crippen molar-refractivity contribution in [3.63, 3.8) is 0 Å². The Morgan fingerprint density at radius 3 is 1.35 bits per heavy atom. The smallest absolute Gasteiger partial charge is 0.305 e. The normalized spacial score (nSPS) is 19.2. The Morgan fingerprint density at radius 2 is 0.901 bits per heavy atom. The molecule has 0 aromatic carbocycles. The van der Waals surface area contributed by atoms with E-state index >= 15 is 0 Å². The molecule has 6 N–H and O–H groups in total. The van der Waals surface area contributed by atoms with Crippen LogP contribution in [0.15, 0.2) is 24.3 Å². The molecule has 71 heavy (non-hydrogen) atoms. The number of carbonyl (C=O) groups is 2. The number of hydrogen-bond donors (Lipinski definition) is 6. The number of unbranched alkanes of at least 4 members (excludes halogenated alkanes) is 36. The predicted octanol–water partition coefficient (Wildman–Crippen LogP) is 13.7. The van der Waals surface area contributed by atoms with Crippen molar-refractivity contribution in [2.45, 2.75) is 326 Å². The maximum atomic E-state index is 13.0. The number of amides is 1. The molecule has 1 heterocycles. The molecule has 7 atom stereocenters. The van der Waals surface area contributed by atoms with Crippen molar-refractivity contribution in [2.24, 2.45) is 0 Å². The Labute approximate surface area is 435 Å². The lowest BCUT2D eigenvalue weighted by Crippen LogP contribution is -2.60. The van der Waals surface area contributed by atoms with Crippen LogP contribution in [-0.4, -0.2) is 100 Å². The highest BCUT2D eigenvalue weighted by molar-refractivity contribution is 5.76. The van der Waals surface area contributed by atoms with Crippen molar-refractivity contribution in [2.75, 3.05) is 19.8 Å². The SMILES string of the molecule is CCCCCCCCC/C=C/C(O)C(COC1OC(CO)C(O)C(O)C1O)NC(=O)CCCCCCCCC/C=C\CCCCCCCCCCCCCOC(=O)CCCCCCCCCCCCCC. The van der Waals surface area contributed by atoms with E-state index in [0.29, 0.717) is 19.4 Å². The van der Waals surface area contributed by atoms with Gasteiger partial charge in [-0.15, -0.1) is 0 Å². The molecule has 0 aromatic heterocycles. The van der Waals surface area contributed by atoms with Crippen LogP contribution in [0.3, 0.4) is 0 Å². The maximum Gasteiger partial charge on any atom is 0.305 e. The van der Waals surface area contributed by atoms with Gasteiger partial charge in [0, 0.05) is 12.8 Å². The third-order valence-electron chi connectivity index (χ3n) is 14.3. The first-order valence-corrected chi connectivity index (χ1v) is 30.1. The zero-order valence-electron chi connectivity index (χ0n) is 45.9. The van der Waals surface area contributed by atoms with Gasteiger partial charge in [-0.25, -0.2) is 0 Å². The molecule has 1 aliphatic heterocycles. The molecule has 11 nitrogen and oxygen atoms in total. The highest BCUT2D eigenvalue weighted by Crippen LogP contribution is 2.23. The first-order chi connectivity index (χ1) is 34.7. The third-order valence-corrected chi connectivity index (χ3v) is 14.3. The molecule has 1 saturated heterocycles. The summed E-state index contributed by atoms with van der Waals surface area (Å²) < 4.78 is 16.7. The molecule has 1 rings (SSSR count). The summed E-state index contributed by atoms with van der Waals surface area (Å²) in [6.07, 6.45) is 50.0. The van der Waals surface area contributed by atoms with Crippen LogP contribution in [0.2, 0.25) is 0 Å². The van der Waals surface area contributed by atoms with Crippen molar-refractivity contribution >= 4 is 11.9 Å². The fourth-order valence-electron chi connectivity index (χ4n) is 9.49. The van der Waals surface area contributed by atoms with Gasteiger partial charge in [0.05, 0.1) is 32.0 Å². The largest absolute Gasteiger partial charge is 0.466 e. The van der Waals surface area contributed by atoms with Crippen LogP contribution in [0, 0.1) is 0 Å². The van der Waals surface area contributed by atoms with Gasteiger partial charge in [-0.05, 0) is 57.8 Å². The number of allylic oxidation sites excluding steroid dienone is 3. The lowest BCUT2D eigenvalue weighted by atomic mass is 9.99. The molecule has 7 unspecified atom stereocenters. The molecular formula is C60H113NO10. The second-order valence-electron chi connectivity index (χ2n) is 21.1. The van der Waals surface area contributed by atoms with Crippen LogP contribution in [0.4, 0.5) is 0 Å². The van der Waals surface area contributed by atoms with Gasteiger partial charge in [0.25, 0.3) is 0 Å². The number of carbonyl (C=O) groups excluding carboxylic acids is 2. The summed E-state index contributed by atoms with van der Waals surface area (Å²) in [5.74, 6) is -0.192. The van der Waals surface area contributed by atoms with E-state index in [4.69, 9.17) is 14.2 Å². The number of rotatable bonds is 52. The lowest BCUT2D eigenvalue weighted by molar-refractivity contribution is -0.302. The van der Waals surface area contributed by atoms with Gasteiger partial charge in [0.2, 0.25) is 5.91 Å². The van der Waals surface area contributed by atoms with Crippen molar-refractivity contribution in [1.29, 1.82) is 0 Å². The van der Waals surface area contributed by atoms with Crippen LogP contribution < -0.4 is 5.32 Å². The van der Waals surface area contributed by atoms with E-state index in [1.807, 2.05) is 6.08 Å². The minimum atomic E-state index is -1.57. The molecule has 0 aliphatic carbocycles. The van der Waals surface area contributed by atoms with Crippen molar-refractivity contribution < 1.29 is 49.3 Å². The van der Waals surface area contributed by atoms with Gasteiger partial charge in [-0.2, -0.15) is 0 Å². The highest BCUT2D eigenvalue weighted by atomic mass is 16.7. The van der Waals surface area contributed by atoms with E-state index in [1.165, 1.54) is 186 Å². The van der Waals surface area contributed by atoms with E-state index in [-0.39, 0.29) is 18.5 Å². The Balaban J connectivity index is 2.02. The van der Waals surface area contributed by atoms with Crippen LogP contribution in [0.5, 0.6) is 0 Å². The summed E-state index contributed by atoms with van der Waals surface area (Å²) in [4.78, 5) is 25.0. The van der Waals surface area contributed by atoms with Crippen molar-refractivity contribution in [1.82, 2.24) is 5.32 Å². The number of hydrogen-bond acceptors (Lipinski definition) is 10. The number of aliphatic hydroxyl groups is 5. The van der Waals surface area contributed by atoms with E-state index in [9.17, 15) is 35.1 Å². The number of aliphatic hydroxyl groups excluding tert-OH is 5. The minimum Gasteiger partial charge on any atom is -0.466 e. The molecule has 418 valence electrons. The maximum absolute atomic E-state index is 13.0. The zero-order chi connectivity index (χ0) is 51.7. The second-order valence-corrected chi connectivity index (χ2v) is 21.1. The standard InChI is InChI=1S/C60H113NO10/c1-3-5-7-9-11-13-14-28-32-36-40-44-48-56(65)69-49-45-41-37-33-29-26-24-22-20-18-16-15-17-19-21-23-25-27-31-35-39-43-47-55(64)61-52(53(63)46-42-38-34-30-12-10-8-6-4-2)51-70-60-59(68)58(67)57(66)54(50-62)71-60/h17,19,42,46,52-54,57-60,62-63,66-68H,3-16,18,20-41,43-45,47-51H2,1-2H3,(H,61,64)/b19-17-,46-42+. The third kappa shape index (κ3) is 40.2. The molecule has 0 spiro atoms. The number of esters is 1. The molecule has 0 bridgehead atoms. The van der Waals surface area contributed by atoms with Crippen LogP contribution >= 0.6 is 0 Å². The molecule has 1 aliphatic rings. The first-order valence-electron chi connectivity index (χ1n) is 30.1. The fraction of sp³-hybridized carbons (Fsp3) is 0.900. The van der Waals surface area contributed by atoms with Crippen molar-refractivity contribution in [3.8, 4) is 0 Å². The Kier molecular flexibility index (Phi) is 47.6. The van der Waals surface area contributed by atoms with E-state index in [1.54, 1.807) is 6.08 Å². The van der Waals surface area contributed by atoms with E-state index in [0.717, 1.165) is 70.6 Å². The molecular weight excluding hydrogens is 895 g/mol. The summed E-state index contributed by atoms with van der Waals surface area (Å²) in [6, 6.07) is -0.813. The zero-order valence-corrected chi connectivity index (χ0v) is 45.9. The number of ether oxygens (including phenoxy) is 3. The van der Waals surface area contributed by atoms with Crippen LogP contribution in [0.25, 0.3) is 0 Å². The molecule has 0 aromatic rings. The topological polar surface area (TPSA) is 175 Å². The molecule has 0 radical (unpaired) electrons. The van der Waals surface area contributed by atoms with Gasteiger partial charge < -0.3 is 45.1 Å². The Morgan fingerprint density at radius 1 is 0.507 bits per heavy atom. The van der Waals surface area contributed by atoms with Gasteiger partial charge in [0.15, 0.2) is 6.29 Å². The van der Waals surface area contributed by atoms with Gasteiger partial charge in [-0.1, -0.05) is 237 Å². The van der Waals surface area contributed by atoms with E-state index < -0.39 is 49.5 Å². The van der Waals surface area contributed by atoms with Crippen molar-refractivity contribution in [3.05, 3.63) is 24.3 Å². The summed E-state index contributed by atoms with van der Waals surface area (Å²) in [5.41, 5.74) is 0. The summed E-state index contributed by atoms with van der Waals surface area (Å²) in [5, 5.41) is 54.2. The fourth-order valence-corrected chi connectivity index (χ4v) is 9.49. The Bertz CT molecular complexity index is 1230. The summed E-state index contributed by atoms with van der Waals surface area (Å²) in [7, 11) is 0. The average molecular weight is 1010 g/mol. The van der Waals surface area contributed by atoms with Gasteiger partial charge in [0.1, 0.15) is 24.4 Å². The quantitative estimate of drug-likeness (QED) is 0.0195. The average Bonchev–Trinajstić information content (AvgIpc) is 3.37. The van der Waals surface area contributed by atoms with E-state index in [2.05, 4.69) is 31.3 Å². The summed E-state index contributed by atoms with van der Waals surface area (Å²) >= 11 is 0. The van der Waals surface area contributed by atoms with Gasteiger partial charge >= 0.3 is 5.97 Å². The van der Waals surface area contributed by atoms with Gasteiger partial charge in [-0.3, -0.25) is 9.59 Å². The molecule has 1 amide bonds. The number of nitrogens with one attached hydrogen (secondary N) is 1. The molecule has 11 heteroatoms. The molecule has 1 fully saturated rings. The lowest BCUT2D eigenvalue weighted by Gasteiger charge is -2.40. The monoisotopic (exact) mass is 1010 g/mol. The minimum absolute atomic E-state index is 0.00186.